The van der Waals surface area contributed by atoms with Crippen molar-refractivity contribution in [2.75, 3.05) is 13.7 Å². The molecule has 0 heterocycles. The molecule has 0 aliphatic heterocycles. The van der Waals surface area contributed by atoms with Gasteiger partial charge in [0.1, 0.15) is 0 Å². The molecule has 0 aliphatic rings. The Hall–Kier alpha value is -2.54. The highest BCUT2D eigenvalue weighted by atomic mass is 32.2. The zero-order valence-corrected chi connectivity index (χ0v) is 17.8. The summed E-state index contributed by atoms with van der Waals surface area (Å²) in [7, 11) is -2.17. The number of nitrogens with one attached hydrogen (secondary N) is 1. The number of benzene rings is 2. The van der Waals surface area contributed by atoms with E-state index in [2.05, 4.69) is 23.8 Å². The normalized spacial score (nSPS) is 11.8. The highest BCUT2D eigenvalue weighted by Crippen LogP contribution is 2.28. The van der Waals surface area contributed by atoms with E-state index in [1.165, 1.54) is 6.21 Å². The van der Waals surface area contributed by atoms with E-state index in [9.17, 15) is 8.42 Å². The summed E-state index contributed by atoms with van der Waals surface area (Å²) in [6.45, 7) is 8.48. The van der Waals surface area contributed by atoms with E-state index in [0.29, 0.717) is 35.2 Å². The van der Waals surface area contributed by atoms with Crippen LogP contribution in [-0.2, 0) is 10.0 Å². The maximum absolute atomic E-state index is 12.5. The molecule has 0 fully saturated rings. The number of hydrazone groups is 1. The van der Waals surface area contributed by atoms with E-state index in [1.54, 1.807) is 44.4 Å². The fourth-order valence-electron chi connectivity index (χ4n) is 2.50. The summed E-state index contributed by atoms with van der Waals surface area (Å²) in [5.74, 6) is 1.78. The van der Waals surface area contributed by atoms with Gasteiger partial charge in [-0.1, -0.05) is 26.0 Å². The number of hydrogen-bond acceptors (Lipinski definition) is 5. The van der Waals surface area contributed by atoms with Gasteiger partial charge in [0.05, 0.1) is 24.8 Å². The summed E-state index contributed by atoms with van der Waals surface area (Å²) >= 11 is 0. The van der Waals surface area contributed by atoms with E-state index in [-0.39, 0.29) is 4.90 Å². The van der Waals surface area contributed by atoms with Crippen LogP contribution in [0.3, 0.4) is 0 Å². The Kier molecular flexibility index (Phi) is 7.45. The molecule has 0 amide bonds. The van der Waals surface area contributed by atoms with Crippen LogP contribution in [0.4, 0.5) is 0 Å². The van der Waals surface area contributed by atoms with Crippen LogP contribution in [0.5, 0.6) is 11.5 Å². The van der Waals surface area contributed by atoms with Crippen molar-refractivity contribution in [2.45, 2.75) is 39.0 Å². The van der Waals surface area contributed by atoms with Crippen LogP contribution in [-0.4, -0.2) is 28.3 Å². The second-order valence-corrected chi connectivity index (χ2v) is 8.69. The number of aryl methyl sites for hydroxylation is 2. The second-order valence-electron chi connectivity index (χ2n) is 7.06. The average Bonchev–Trinajstić information content (AvgIpc) is 2.64. The van der Waals surface area contributed by atoms with Gasteiger partial charge in [0.2, 0.25) is 0 Å². The SMILES string of the molecule is COc1cc(/C=N\NS(=O)(=O)c2cc(C)ccc2C)ccc1OCCC(C)C. The largest absolute Gasteiger partial charge is 0.493 e. The maximum Gasteiger partial charge on any atom is 0.276 e. The van der Waals surface area contributed by atoms with E-state index < -0.39 is 10.0 Å². The Labute approximate surface area is 167 Å². The van der Waals surface area contributed by atoms with Crippen molar-refractivity contribution in [3.05, 3.63) is 53.1 Å². The van der Waals surface area contributed by atoms with Crippen LogP contribution in [0.15, 0.2) is 46.4 Å². The molecule has 2 rings (SSSR count). The lowest BCUT2D eigenvalue weighted by Crippen LogP contribution is -2.19. The fraction of sp³-hybridized carbons (Fsp3) is 0.381. The van der Waals surface area contributed by atoms with Gasteiger partial charge in [-0.2, -0.15) is 13.5 Å². The topological polar surface area (TPSA) is 77.0 Å². The molecular formula is C21H28N2O4S. The highest BCUT2D eigenvalue weighted by molar-refractivity contribution is 7.89. The number of rotatable bonds is 9. The van der Waals surface area contributed by atoms with E-state index in [1.807, 2.05) is 13.0 Å². The highest BCUT2D eigenvalue weighted by Gasteiger charge is 2.15. The summed E-state index contributed by atoms with van der Waals surface area (Å²) in [6, 6.07) is 10.6. The summed E-state index contributed by atoms with van der Waals surface area (Å²) in [5, 5.41) is 3.89. The molecule has 1 N–H and O–H groups in total. The molecule has 0 unspecified atom stereocenters. The Balaban J connectivity index is 2.10. The molecule has 0 bridgehead atoms. The van der Waals surface area contributed by atoms with E-state index in [0.717, 1.165) is 12.0 Å². The number of nitrogens with zero attached hydrogens (tertiary/aromatic N) is 1. The standard InChI is InChI=1S/C21H28N2O4S/c1-15(2)10-11-27-19-9-8-18(13-20(19)26-5)14-22-23-28(24,25)21-12-16(3)6-7-17(21)4/h6-9,12-15,23H,10-11H2,1-5H3/b22-14-. The Morgan fingerprint density at radius 1 is 1.11 bits per heavy atom. The van der Waals surface area contributed by atoms with Gasteiger partial charge < -0.3 is 9.47 Å². The minimum atomic E-state index is -3.73. The maximum atomic E-state index is 12.5. The molecule has 0 saturated carbocycles. The monoisotopic (exact) mass is 404 g/mol. The van der Waals surface area contributed by atoms with Crippen molar-refractivity contribution in [3.63, 3.8) is 0 Å². The molecule has 7 heteroatoms. The first kappa shape index (κ1) is 21.8. The summed E-state index contributed by atoms with van der Waals surface area (Å²) < 4.78 is 36.1. The van der Waals surface area contributed by atoms with Gasteiger partial charge in [0.15, 0.2) is 11.5 Å². The number of methoxy groups -OCH3 is 1. The fourth-order valence-corrected chi connectivity index (χ4v) is 3.63. The van der Waals surface area contributed by atoms with Crippen molar-refractivity contribution in [1.29, 1.82) is 0 Å². The minimum absolute atomic E-state index is 0.219. The molecule has 0 radical (unpaired) electrons. The van der Waals surface area contributed by atoms with Gasteiger partial charge in [-0.05, 0) is 67.1 Å². The first-order valence-corrected chi connectivity index (χ1v) is 10.6. The molecule has 0 atom stereocenters. The zero-order valence-electron chi connectivity index (χ0n) is 17.0. The molecule has 0 spiro atoms. The molecule has 152 valence electrons. The van der Waals surface area contributed by atoms with Crippen molar-refractivity contribution >= 4 is 16.2 Å². The Morgan fingerprint density at radius 2 is 1.86 bits per heavy atom. The van der Waals surface area contributed by atoms with Crippen molar-refractivity contribution in [3.8, 4) is 11.5 Å². The van der Waals surface area contributed by atoms with Crippen LogP contribution in [0.25, 0.3) is 0 Å². The lowest BCUT2D eigenvalue weighted by atomic mass is 10.1. The van der Waals surface area contributed by atoms with Gasteiger partial charge in [-0.15, -0.1) is 0 Å². The number of hydrogen-bond donors (Lipinski definition) is 1. The molecule has 0 aromatic heterocycles. The van der Waals surface area contributed by atoms with Crippen molar-refractivity contribution < 1.29 is 17.9 Å². The molecule has 2 aromatic carbocycles. The third-order valence-corrected chi connectivity index (χ3v) is 5.52. The van der Waals surface area contributed by atoms with Crippen LogP contribution >= 0.6 is 0 Å². The lowest BCUT2D eigenvalue weighted by molar-refractivity contribution is 0.273. The van der Waals surface area contributed by atoms with Gasteiger partial charge in [-0.25, -0.2) is 4.83 Å². The van der Waals surface area contributed by atoms with Crippen molar-refractivity contribution in [1.82, 2.24) is 4.83 Å². The predicted molar refractivity (Wildman–Crippen MR) is 112 cm³/mol. The molecule has 0 aliphatic carbocycles. The van der Waals surface area contributed by atoms with Gasteiger partial charge in [0, 0.05) is 0 Å². The first-order valence-electron chi connectivity index (χ1n) is 9.16. The van der Waals surface area contributed by atoms with Crippen molar-refractivity contribution in [2.24, 2.45) is 11.0 Å². The third-order valence-electron chi connectivity index (χ3n) is 4.16. The summed E-state index contributed by atoms with van der Waals surface area (Å²) in [6.07, 6.45) is 2.38. The number of ether oxygens (including phenoxy) is 2. The first-order chi connectivity index (χ1) is 13.2. The summed E-state index contributed by atoms with van der Waals surface area (Å²) in [4.78, 5) is 2.48. The van der Waals surface area contributed by atoms with Crippen LogP contribution in [0, 0.1) is 19.8 Å². The molecular weight excluding hydrogens is 376 g/mol. The molecule has 2 aromatic rings. The number of sulfonamides is 1. The average molecular weight is 405 g/mol. The van der Waals surface area contributed by atoms with E-state index in [4.69, 9.17) is 9.47 Å². The Bertz CT molecular complexity index is 937. The smallest absolute Gasteiger partial charge is 0.276 e. The second kappa shape index (κ2) is 9.59. The molecule has 0 saturated heterocycles. The quantitative estimate of drug-likeness (QED) is 0.505. The third kappa shape index (κ3) is 5.99. The van der Waals surface area contributed by atoms with E-state index >= 15 is 0 Å². The predicted octanol–water partition coefficient (Wildman–Crippen LogP) is 4.05. The summed E-state index contributed by atoms with van der Waals surface area (Å²) in [5.41, 5.74) is 2.22. The van der Waals surface area contributed by atoms with Crippen LogP contribution < -0.4 is 14.3 Å². The van der Waals surface area contributed by atoms with Crippen LogP contribution in [0.2, 0.25) is 0 Å². The van der Waals surface area contributed by atoms with Gasteiger partial charge in [0.25, 0.3) is 10.0 Å². The minimum Gasteiger partial charge on any atom is -0.493 e. The molecule has 6 nitrogen and oxygen atoms in total. The molecule has 28 heavy (non-hydrogen) atoms. The Morgan fingerprint density at radius 3 is 2.54 bits per heavy atom. The van der Waals surface area contributed by atoms with Crippen LogP contribution in [0.1, 0.15) is 37.0 Å². The van der Waals surface area contributed by atoms with Gasteiger partial charge >= 0.3 is 0 Å². The zero-order chi connectivity index (χ0) is 20.7. The van der Waals surface area contributed by atoms with Gasteiger partial charge in [-0.3, -0.25) is 0 Å². The lowest BCUT2D eigenvalue weighted by Gasteiger charge is -2.12.